The van der Waals surface area contributed by atoms with Crippen molar-refractivity contribution in [3.8, 4) is 0 Å². The molecule has 0 amide bonds. The van der Waals surface area contributed by atoms with E-state index in [1.807, 2.05) is 0 Å². The number of allylic oxidation sites excluding steroid dienone is 1. The van der Waals surface area contributed by atoms with Crippen LogP contribution >= 0.6 is 0 Å². The first-order valence-corrected chi connectivity index (χ1v) is 3.27. The van der Waals surface area contributed by atoms with Gasteiger partial charge in [0.15, 0.2) is 0 Å². The highest BCUT2D eigenvalue weighted by molar-refractivity contribution is 4.80. The fraction of sp³-hybridized carbons (Fsp3) is 0.714. The molecule has 48 valence electrons. The zero-order valence-electron chi connectivity index (χ0n) is 5.56. The molecule has 0 aromatic carbocycles. The van der Waals surface area contributed by atoms with Gasteiger partial charge in [-0.3, -0.25) is 0 Å². The van der Waals surface area contributed by atoms with Gasteiger partial charge in [-0.25, -0.2) is 0 Å². The molecule has 0 fully saturated rings. The lowest BCUT2D eigenvalue weighted by atomic mass is 10.3. The zero-order chi connectivity index (χ0) is 6.24. The van der Waals surface area contributed by atoms with Gasteiger partial charge in [-0.05, 0) is 19.4 Å². The second-order valence-corrected chi connectivity index (χ2v) is 1.84. The Labute approximate surface area is 51.6 Å². The number of rotatable bonds is 4. The standard InChI is InChI=1S/C7H15N/c1-2-3-4-5-6-7-8/h4-5H,2-3,6-8H2,1H3/b5-4-. The summed E-state index contributed by atoms with van der Waals surface area (Å²) in [5, 5.41) is 0. The summed E-state index contributed by atoms with van der Waals surface area (Å²) in [6.45, 7) is 2.95. The summed E-state index contributed by atoms with van der Waals surface area (Å²) < 4.78 is 0. The molecule has 1 heteroatoms. The quantitative estimate of drug-likeness (QED) is 0.552. The van der Waals surface area contributed by atoms with E-state index < -0.39 is 0 Å². The first-order valence-electron chi connectivity index (χ1n) is 3.27. The molecule has 0 aromatic heterocycles. The second kappa shape index (κ2) is 6.70. The molecule has 0 saturated heterocycles. The topological polar surface area (TPSA) is 26.0 Å². The lowest BCUT2D eigenvalue weighted by Crippen LogP contribution is -1.94. The largest absolute Gasteiger partial charge is 0.330 e. The number of hydrogen-bond donors (Lipinski definition) is 1. The number of nitrogens with two attached hydrogens (primary N) is 1. The minimum absolute atomic E-state index is 0.778. The number of unbranched alkanes of at least 4 members (excludes halogenated alkanes) is 1. The highest BCUT2D eigenvalue weighted by Crippen LogP contribution is 1.88. The van der Waals surface area contributed by atoms with Crippen molar-refractivity contribution in [1.29, 1.82) is 0 Å². The van der Waals surface area contributed by atoms with Crippen molar-refractivity contribution in [1.82, 2.24) is 0 Å². The van der Waals surface area contributed by atoms with Gasteiger partial charge in [0.05, 0.1) is 0 Å². The maximum atomic E-state index is 5.26. The molecule has 8 heavy (non-hydrogen) atoms. The van der Waals surface area contributed by atoms with Crippen LogP contribution in [0.4, 0.5) is 0 Å². The summed E-state index contributed by atoms with van der Waals surface area (Å²) in [5.74, 6) is 0. The minimum atomic E-state index is 0.778. The lowest BCUT2D eigenvalue weighted by Gasteiger charge is -1.83. The SMILES string of the molecule is CCC/C=C\CCN. The zero-order valence-corrected chi connectivity index (χ0v) is 5.56. The summed E-state index contributed by atoms with van der Waals surface area (Å²) in [6, 6.07) is 0. The first-order chi connectivity index (χ1) is 3.91. The van der Waals surface area contributed by atoms with Crippen molar-refractivity contribution in [2.75, 3.05) is 6.54 Å². The Hall–Kier alpha value is -0.300. The molecule has 0 aliphatic heterocycles. The summed E-state index contributed by atoms with van der Waals surface area (Å²) in [7, 11) is 0. The van der Waals surface area contributed by atoms with Crippen LogP contribution in [0.15, 0.2) is 12.2 Å². The molecular formula is C7H15N. The van der Waals surface area contributed by atoms with E-state index in [0.717, 1.165) is 13.0 Å². The average molecular weight is 113 g/mol. The lowest BCUT2D eigenvalue weighted by molar-refractivity contribution is 0.938. The first kappa shape index (κ1) is 7.70. The highest BCUT2D eigenvalue weighted by Gasteiger charge is 1.72. The third kappa shape index (κ3) is 5.70. The van der Waals surface area contributed by atoms with Crippen LogP contribution < -0.4 is 5.73 Å². The van der Waals surface area contributed by atoms with Crippen molar-refractivity contribution in [3.05, 3.63) is 12.2 Å². The van der Waals surface area contributed by atoms with E-state index in [2.05, 4.69) is 19.1 Å². The third-order valence-corrected chi connectivity index (χ3v) is 0.955. The Balaban J connectivity index is 2.83. The van der Waals surface area contributed by atoms with Crippen molar-refractivity contribution in [3.63, 3.8) is 0 Å². The molecule has 0 saturated carbocycles. The minimum Gasteiger partial charge on any atom is -0.330 e. The predicted molar refractivity (Wildman–Crippen MR) is 37.7 cm³/mol. The summed E-state index contributed by atoms with van der Waals surface area (Å²) in [4.78, 5) is 0. The fourth-order valence-corrected chi connectivity index (χ4v) is 0.499. The van der Waals surface area contributed by atoms with Crippen molar-refractivity contribution in [2.24, 2.45) is 5.73 Å². The number of hydrogen-bond acceptors (Lipinski definition) is 1. The van der Waals surface area contributed by atoms with Crippen LogP contribution in [-0.2, 0) is 0 Å². The molecule has 0 atom stereocenters. The molecule has 2 N–H and O–H groups in total. The molecule has 0 heterocycles. The van der Waals surface area contributed by atoms with Crippen LogP contribution in [0.3, 0.4) is 0 Å². The van der Waals surface area contributed by atoms with Gasteiger partial charge in [0.25, 0.3) is 0 Å². The molecule has 0 unspecified atom stereocenters. The van der Waals surface area contributed by atoms with Gasteiger partial charge in [0.1, 0.15) is 0 Å². The van der Waals surface area contributed by atoms with Crippen LogP contribution in [0.2, 0.25) is 0 Å². The summed E-state index contributed by atoms with van der Waals surface area (Å²) in [5.41, 5.74) is 5.26. The Kier molecular flexibility index (Phi) is 6.45. The van der Waals surface area contributed by atoms with Gasteiger partial charge >= 0.3 is 0 Å². The van der Waals surface area contributed by atoms with E-state index >= 15 is 0 Å². The Morgan fingerprint density at radius 2 is 1.88 bits per heavy atom. The predicted octanol–water partition coefficient (Wildman–Crippen LogP) is 1.69. The Morgan fingerprint density at radius 1 is 1.25 bits per heavy atom. The van der Waals surface area contributed by atoms with Gasteiger partial charge in [-0.15, -0.1) is 0 Å². The van der Waals surface area contributed by atoms with E-state index in [1.54, 1.807) is 0 Å². The van der Waals surface area contributed by atoms with Gasteiger partial charge in [0.2, 0.25) is 0 Å². The molecule has 1 nitrogen and oxygen atoms in total. The highest BCUT2D eigenvalue weighted by atomic mass is 14.5. The van der Waals surface area contributed by atoms with Crippen LogP contribution in [0.5, 0.6) is 0 Å². The second-order valence-electron chi connectivity index (χ2n) is 1.84. The van der Waals surface area contributed by atoms with Crippen LogP contribution in [0.25, 0.3) is 0 Å². The van der Waals surface area contributed by atoms with Crippen molar-refractivity contribution in [2.45, 2.75) is 26.2 Å². The molecule has 0 aliphatic carbocycles. The van der Waals surface area contributed by atoms with E-state index in [1.165, 1.54) is 12.8 Å². The fourth-order valence-electron chi connectivity index (χ4n) is 0.499. The van der Waals surface area contributed by atoms with Crippen molar-refractivity contribution < 1.29 is 0 Å². The van der Waals surface area contributed by atoms with Crippen LogP contribution in [0, 0.1) is 0 Å². The van der Waals surface area contributed by atoms with E-state index in [4.69, 9.17) is 5.73 Å². The summed E-state index contributed by atoms with van der Waals surface area (Å²) in [6.07, 6.45) is 7.79. The maximum Gasteiger partial charge on any atom is -0.00426 e. The van der Waals surface area contributed by atoms with Gasteiger partial charge in [0, 0.05) is 0 Å². The molecule has 0 aromatic rings. The van der Waals surface area contributed by atoms with Gasteiger partial charge in [-0.1, -0.05) is 25.5 Å². The monoisotopic (exact) mass is 113 g/mol. The maximum absolute atomic E-state index is 5.26. The van der Waals surface area contributed by atoms with E-state index in [0.29, 0.717) is 0 Å². The molecule has 0 spiro atoms. The van der Waals surface area contributed by atoms with Gasteiger partial charge < -0.3 is 5.73 Å². The molecule has 0 rings (SSSR count). The van der Waals surface area contributed by atoms with Crippen molar-refractivity contribution >= 4 is 0 Å². The molecule has 0 bridgehead atoms. The smallest absolute Gasteiger partial charge is 0.00426 e. The molecular weight excluding hydrogens is 98.1 g/mol. The van der Waals surface area contributed by atoms with E-state index in [9.17, 15) is 0 Å². The Bertz CT molecular complexity index is 49.4. The van der Waals surface area contributed by atoms with E-state index in [-0.39, 0.29) is 0 Å². The van der Waals surface area contributed by atoms with Crippen LogP contribution in [-0.4, -0.2) is 6.54 Å². The molecule has 0 aliphatic rings. The average Bonchev–Trinajstić information content (AvgIpc) is 1.81. The normalized spacial score (nSPS) is 10.8. The summed E-state index contributed by atoms with van der Waals surface area (Å²) >= 11 is 0. The third-order valence-electron chi connectivity index (χ3n) is 0.955. The Morgan fingerprint density at radius 3 is 2.38 bits per heavy atom. The van der Waals surface area contributed by atoms with Crippen LogP contribution in [0.1, 0.15) is 26.2 Å². The molecule has 0 radical (unpaired) electrons. The van der Waals surface area contributed by atoms with Gasteiger partial charge in [-0.2, -0.15) is 0 Å².